The molecule has 1 fully saturated rings. The zero-order valence-electron chi connectivity index (χ0n) is 14.5. The molecule has 2 amide bonds. The van der Waals surface area contributed by atoms with Crippen molar-refractivity contribution in [1.29, 1.82) is 0 Å². The molecule has 0 spiro atoms. The van der Waals surface area contributed by atoms with Crippen LogP contribution in [0.25, 0.3) is 0 Å². The van der Waals surface area contributed by atoms with Crippen LogP contribution in [0, 0.1) is 5.82 Å². The van der Waals surface area contributed by atoms with Crippen LogP contribution >= 0.6 is 0 Å². The van der Waals surface area contributed by atoms with Crippen LogP contribution in [0.5, 0.6) is 0 Å². The predicted octanol–water partition coefficient (Wildman–Crippen LogP) is 2.47. The van der Waals surface area contributed by atoms with E-state index in [4.69, 9.17) is 4.74 Å². The number of carbonyl (C=O) groups is 1. The van der Waals surface area contributed by atoms with E-state index in [9.17, 15) is 9.18 Å². The fourth-order valence-electron chi connectivity index (χ4n) is 3.00. The van der Waals surface area contributed by atoms with E-state index in [1.807, 2.05) is 18.5 Å². The first-order valence-corrected chi connectivity index (χ1v) is 8.48. The Morgan fingerprint density at radius 2 is 2.36 bits per heavy atom. The standard InChI is InChI=1S/C18H23FN4O2/c1-3-15-12-23(9-10-25-15)18(24)21-16(17-20-7-8-22(17)2)13-5-4-6-14(19)11-13/h4-8,11,15-16H,3,9-10,12H2,1-2H3,(H,21,24)/t15-,16+/m0/s1. The molecule has 7 heteroatoms. The summed E-state index contributed by atoms with van der Waals surface area (Å²) >= 11 is 0. The number of carbonyl (C=O) groups excluding carboxylic acids is 1. The van der Waals surface area contributed by atoms with Gasteiger partial charge in [-0.25, -0.2) is 14.2 Å². The van der Waals surface area contributed by atoms with Crippen molar-refractivity contribution in [1.82, 2.24) is 19.8 Å². The van der Waals surface area contributed by atoms with Gasteiger partial charge in [-0.05, 0) is 24.1 Å². The van der Waals surface area contributed by atoms with Crippen LogP contribution in [0.3, 0.4) is 0 Å². The SMILES string of the molecule is CC[C@H]1CN(C(=O)N[C@H](c2cccc(F)c2)c2nccn2C)CCO1. The number of ether oxygens (including phenoxy) is 1. The summed E-state index contributed by atoms with van der Waals surface area (Å²) in [6.07, 6.45) is 4.38. The Morgan fingerprint density at radius 1 is 1.52 bits per heavy atom. The number of halogens is 1. The molecule has 2 atom stereocenters. The summed E-state index contributed by atoms with van der Waals surface area (Å²) in [5.41, 5.74) is 0.656. The summed E-state index contributed by atoms with van der Waals surface area (Å²) in [4.78, 5) is 18.8. The van der Waals surface area contributed by atoms with E-state index in [1.54, 1.807) is 29.4 Å². The minimum absolute atomic E-state index is 0.0558. The molecule has 0 aliphatic carbocycles. The van der Waals surface area contributed by atoms with Crippen LogP contribution in [0.15, 0.2) is 36.7 Å². The highest BCUT2D eigenvalue weighted by Crippen LogP contribution is 2.22. The van der Waals surface area contributed by atoms with E-state index in [0.29, 0.717) is 31.1 Å². The van der Waals surface area contributed by atoms with Crippen molar-refractivity contribution in [3.8, 4) is 0 Å². The molecule has 1 aliphatic heterocycles. The second-order valence-electron chi connectivity index (χ2n) is 6.18. The van der Waals surface area contributed by atoms with Crippen LogP contribution in [-0.2, 0) is 11.8 Å². The highest BCUT2D eigenvalue weighted by atomic mass is 19.1. The molecule has 134 valence electrons. The summed E-state index contributed by atoms with van der Waals surface area (Å²) in [7, 11) is 1.85. The summed E-state index contributed by atoms with van der Waals surface area (Å²) in [5, 5.41) is 3.00. The first-order valence-electron chi connectivity index (χ1n) is 8.48. The van der Waals surface area contributed by atoms with E-state index < -0.39 is 6.04 Å². The Morgan fingerprint density at radius 3 is 3.04 bits per heavy atom. The van der Waals surface area contributed by atoms with E-state index in [1.165, 1.54) is 12.1 Å². The Hall–Kier alpha value is -2.41. The highest BCUT2D eigenvalue weighted by molar-refractivity contribution is 5.75. The molecule has 0 saturated carbocycles. The van der Waals surface area contributed by atoms with Crippen molar-refractivity contribution in [2.45, 2.75) is 25.5 Å². The molecule has 0 bridgehead atoms. The van der Waals surface area contributed by atoms with Gasteiger partial charge in [-0.3, -0.25) is 0 Å². The number of benzene rings is 1. The molecule has 1 saturated heterocycles. The number of aryl methyl sites for hydroxylation is 1. The van der Waals surface area contributed by atoms with Crippen molar-refractivity contribution in [2.75, 3.05) is 19.7 Å². The fourth-order valence-corrected chi connectivity index (χ4v) is 3.00. The molecule has 6 nitrogen and oxygen atoms in total. The molecule has 0 radical (unpaired) electrons. The molecule has 0 unspecified atom stereocenters. The van der Waals surface area contributed by atoms with Crippen LogP contribution in [0.2, 0.25) is 0 Å². The van der Waals surface area contributed by atoms with E-state index in [-0.39, 0.29) is 18.0 Å². The second-order valence-corrected chi connectivity index (χ2v) is 6.18. The number of hydrogen-bond acceptors (Lipinski definition) is 3. The number of morpholine rings is 1. The average molecular weight is 346 g/mol. The largest absolute Gasteiger partial charge is 0.375 e. The van der Waals surface area contributed by atoms with Gasteiger partial charge in [-0.1, -0.05) is 19.1 Å². The maximum Gasteiger partial charge on any atom is 0.318 e. The minimum atomic E-state index is -0.522. The summed E-state index contributed by atoms with van der Waals surface area (Å²) in [6.45, 7) is 3.66. The van der Waals surface area contributed by atoms with Gasteiger partial charge >= 0.3 is 6.03 Å². The number of urea groups is 1. The number of rotatable bonds is 4. The predicted molar refractivity (Wildman–Crippen MR) is 91.6 cm³/mol. The zero-order chi connectivity index (χ0) is 17.8. The van der Waals surface area contributed by atoms with Crippen molar-refractivity contribution < 1.29 is 13.9 Å². The van der Waals surface area contributed by atoms with Gasteiger partial charge in [0.1, 0.15) is 17.7 Å². The lowest BCUT2D eigenvalue weighted by Gasteiger charge is -2.33. The fraction of sp³-hybridized carbons (Fsp3) is 0.444. The van der Waals surface area contributed by atoms with E-state index in [2.05, 4.69) is 10.3 Å². The Balaban J connectivity index is 1.83. The number of nitrogens with one attached hydrogen (secondary N) is 1. The first-order chi connectivity index (χ1) is 12.1. The monoisotopic (exact) mass is 346 g/mol. The van der Waals surface area contributed by atoms with Crippen molar-refractivity contribution in [2.24, 2.45) is 7.05 Å². The molecule has 1 aromatic carbocycles. The van der Waals surface area contributed by atoms with Crippen LogP contribution in [0.4, 0.5) is 9.18 Å². The highest BCUT2D eigenvalue weighted by Gasteiger charge is 2.27. The van der Waals surface area contributed by atoms with Crippen LogP contribution in [-0.4, -0.2) is 46.3 Å². The van der Waals surface area contributed by atoms with E-state index >= 15 is 0 Å². The Bertz CT molecular complexity index is 733. The van der Waals surface area contributed by atoms with E-state index in [0.717, 1.165) is 6.42 Å². The number of hydrogen-bond donors (Lipinski definition) is 1. The molecule has 3 rings (SSSR count). The van der Waals surface area contributed by atoms with Gasteiger partial charge in [0.05, 0.1) is 12.7 Å². The van der Waals surface area contributed by atoms with Crippen LogP contribution < -0.4 is 5.32 Å². The normalized spacial score (nSPS) is 18.8. The van der Waals surface area contributed by atoms with Gasteiger partial charge in [0.15, 0.2) is 0 Å². The third-order valence-corrected chi connectivity index (χ3v) is 4.45. The first kappa shape index (κ1) is 17.4. The topological polar surface area (TPSA) is 59.4 Å². The minimum Gasteiger partial charge on any atom is -0.375 e. The summed E-state index contributed by atoms with van der Waals surface area (Å²) < 4.78 is 21.1. The Kier molecular flexibility index (Phi) is 5.33. The van der Waals surface area contributed by atoms with Gasteiger partial charge in [0.2, 0.25) is 0 Å². The van der Waals surface area contributed by atoms with Gasteiger partial charge < -0.3 is 19.5 Å². The summed E-state index contributed by atoms with van der Waals surface area (Å²) in [6, 6.07) is 5.51. The number of amides is 2. The Labute approximate surface area is 146 Å². The van der Waals surface area contributed by atoms with Gasteiger partial charge in [-0.2, -0.15) is 0 Å². The third-order valence-electron chi connectivity index (χ3n) is 4.45. The molecular formula is C18H23FN4O2. The lowest BCUT2D eigenvalue weighted by Crippen LogP contribution is -2.50. The van der Waals surface area contributed by atoms with Gasteiger partial charge in [-0.15, -0.1) is 0 Å². The maximum atomic E-state index is 13.7. The maximum absolute atomic E-state index is 13.7. The third kappa shape index (κ3) is 3.99. The molecular weight excluding hydrogens is 323 g/mol. The number of nitrogens with zero attached hydrogens (tertiary/aromatic N) is 3. The average Bonchev–Trinajstić information content (AvgIpc) is 3.05. The zero-order valence-corrected chi connectivity index (χ0v) is 14.5. The van der Waals surface area contributed by atoms with Crippen molar-refractivity contribution in [3.05, 3.63) is 53.9 Å². The van der Waals surface area contributed by atoms with Crippen molar-refractivity contribution >= 4 is 6.03 Å². The second kappa shape index (κ2) is 7.65. The summed E-state index contributed by atoms with van der Waals surface area (Å²) in [5.74, 6) is 0.308. The molecule has 1 aromatic heterocycles. The number of aromatic nitrogens is 2. The number of imidazole rings is 1. The molecule has 2 aromatic rings. The lowest BCUT2D eigenvalue weighted by atomic mass is 10.1. The van der Waals surface area contributed by atoms with Crippen molar-refractivity contribution in [3.63, 3.8) is 0 Å². The van der Waals surface area contributed by atoms with Crippen LogP contribution in [0.1, 0.15) is 30.8 Å². The molecule has 25 heavy (non-hydrogen) atoms. The molecule has 2 heterocycles. The molecule has 1 N–H and O–H groups in total. The van der Waals surface area contributed by atoms with Gasteiger partial charge in [0, 0.05) is 32.5 Å². The van der Waals surface area contributed by atoms with Gasteiger partial charge in [0.25, 0.3) is 0 Å². The molecule has 1 aliphatic rings. The lowest BCUT2D eigenvalue weighted by molar-refractivity contribution is -0.0156. The smallest absolute Gasteiger partial charge is 0.318 e. The quantitative estimate of drug-likeness (QED) is 0.925.